The summed E-state index contributed by atoms with van der Waals surface area (Å²) in [6.07, 6.45) is 6.75. The maximum absolute atomic E-state index is 12.7. The summed E-state index contributed by atoms with van der Waals surface area (Å²) in [7, 11) is 1.46. The van der Waals surface area contributed by atoms with Crippen molar-refractivity contribution >= 4 is 45.3 Å². The maximum Gasteiger partial charge on any atom is 0.341 e. The Morgan fingerprint density at radius 2 is 1.84 bits per heavy atom. The Labute approximate surface area is 200 Å². The van der Waals surface area contributed by atoms with Crippen molar-refractivity contribution in [2.45, 2.75) is 58.4 Å². The van der Waals surface area contributed by atoms with Crippen LogP contribution < -0.4 is 10.2 Å². The summed E-state index contributed by atoms with van der Waals surface area (Å²) >= 11 is 7.49. The van der Waals surface area contributed by atoms with Gasteiger partial charge in [0.1, 0.15) is 5.00 Å². The van der Waals surface area contributed by atoms with Crippen molar-refractivity contribution < 1.29 is 9.53 Å². The van der Waals surface area contributed by atoms with Crippen molar-refractivity contribution in [1.82, 2.24) is 4.90 Å². The van der Waals surface area contributed by atoms with Gasteiger partial charge in [-0.05, 0) is 69.4 Å². The SMILES string of the molecule is COC(=O)c1c(NC(=S)N2CCN(c3ccc(C)cc3)C(C)C2)sc2c1CCCCCC2. The van der Waals surface area contributed by atoms with Crippen molar-refractivity contribution in [3.8, 4) is 0 Å². The highest BCUT2D eigenvalue weighted by Crippen LogP contribution is 2.38. The lowest BCUT2D eigenvalue weighted by Gasteiger charge is -2.42. The van der Waals surface area contributed by atoms with Crippen molar-refractivity contribution in [3.05, 3.63) is 45.8 Å². The normalized spacial score (nSPS) is 19.0. The predicted molar refractivity (Wildman–Crippen MR) is 137 cm³/mol. The standard InChI is InChI=1S/C25H33N3O2S2/c1-17-10-12-19(13-11-17)28-15-14-27(16-18(28)2)25(31)26-23-22(24(29)30-3)20-8-6-4-5-7-9-21(20)32-23/h10-13,18H,4-9,14-16H2,1-3H3,(H,26,31). The summed E-state index contributed by atoms with van der Waals surface area (Å²) in [6.45, 7) is 6.97. The van der Waals surface area contributed by atoms with Crippen LogP contribution in [-0.2, 0) is 17.6 Å². The number of thiophene rings is 1. The average molecular weight is 472 g/mol. The van der Waals surface area contributed by atoms with Gasteiger partial charge < -0.3 is 19.9 Å². The van der Waals surface area contributed by atoms with E-state index in [4.69, 9.17) is 17.0 Å². The zero-order valence-corrected chi connectivity index (χ0v) is 20.9. The summed E-state index contributed by atoms with van der Waals surface area (Å²) in [6, 6.07) is 9.06. The minimum atomic E-state index is -0.258. The molecule has 1 atom stereocenters. The van der Waals surface area contributed by atoms with Crippen molar-refractivity contribution in [2.24, 2.45) is 0 Å². The molecule has 0 radical (unpaired) electrons. The Bertz CT molecular complexity index is 970. The quantitative estimate of drug-likeness (QED) is 0.477. The monoisotopic (exact) mass is 471 g/mol. The first kappa shape index (κ1) is 23.1. The van der Waals surface area contributed by atoms with Gasteiger partial charge in [-0.15, -0.1) is 11.3 Å². The molecule has 1 unspecified atom stereocenters. The molecule has 1 aromatic carbocycles. The van der Waals surface area contributed by atoms with E-state index in [0.717, 1.165) is 43.9 Å². The number of anilines is 2. The number of piperazine rings is 1. The number of fused-ring (bicyclic) bond motifs is 1. The lowest BCUT2D eigenvalue weighted by atomic mass is 9.96. The molecule has 1 fully saturated rings. The van der Waals surface area contributed by atoms with Crippen LogP contribution in [0, 0.1) is 6.92 Å². The van der Waals surface area contributed by atoms with E-state index in [-0.39, 0.29) is 5.97 Å². The topological polar surface area (TPSA) is 44.8 Å². The Hall–Kier alpha value is -2.12. The van der Waals surface area contributed by atoms with E-state index >= 15 is 0 Å². The second-order valence-electron chi connectivity index (χ2n) is 8.87. The Morgan fingerprint density at radius 1 is 1.12 bits per heavy atom. The van der Waals surface area contributed by atoms with E-state index in [9.17, 15) is 4.79 Å². The highest BCUT2D eigenvalue weighted by molar-refractivity contribution is 7.80. The molecular formula is C25H33N3O2S2. The number of methoxy groups -OCH3 is 1. The van der Waals surface area contributed by atoms with Gasteiger partial charge in [0.2, 0.25) is 0 Å². The van der Waals surface area contributed by atoms with Crippen LogP contribution in [0.4, 0.5) is 10.7 Å². The molecule has 1 aliphatic heterocycles. The van der Waals surface area contributed by atoms with Crippen molar-refractivity contribution in [2.75, 3.05) is 37.0 Å². The highest BCUT2D eigenvalue weighted by atomic mass is 32.1. The van der Waals surface area contributed by atoms with Crippen LogP contribution in [0.5, 0.6) is 0 Å². The van der Waals surface area contributed by atoms with Crippen molar-refractivity contribution in [3.63, 3.8) is 0 Å². The Balaban J connectivity index is 1.48. The van der Waals surface area contributed by atoms with Gasteiger partial charge in [0.25, 0.3) is 0 Å². The van der Waals surface area contributed by atoms with E-state index in [1.54, 1.807) is 11.3 Å². The molecule has 7 heteroatoms. The molecule has 0 spiro atoms. The fourth-order valence-corrected chi connectivity index (χ4v) is 6.37. The third kappa shape index (κ3) is 4.94. The molecule has 2 heterocycles. The number of nitrogens with zero attached hydrogens (tertiary/aromatic N) is 2. The first-order valence-electron chi connectivity index (χ1n) is 11.6. The molecule has 1 aromatic heterocycles. The molecule has 1 saturated heterocycles. The largest absolute Gasteiger partial charge is 0.465 e. The van der Waals surface area contributed by atoms with Gasteiger partial charge >= 0.3 is 5.97 Å². The number of ether oxygens (including phenoxy) is 1. The van der Waals surface area contributed by atoms with Crippen LogP contribution in [0.15, 0.2) is 24.3 Å². The van der Waals surface area contributed by atoms with E-state index in [1.807, 2.05) is 0 Å². The maximum atomic E-state index is 12.7. The first-order valence-corrected chi connectivity index (χ1v) is 12.8. The highest BCUT2D eigenvalue weighted by Gasteiger charge is 2.29. The number of esters is 1. The van der Waals surface area contributed by atoms with E-state index < -0.39 is 0 Å². The van der Waals surface area contributed by atoms with Gasteiger partial charge in [-0.2, -0.15) is 0 Å². The minimum absolute atomic E-state index is 0.258. The van der Waals surface area contributed by atoms with E-state index in [2.05, 4.69) is 53.2 Å². The molecule has 0 saturated carbocycles. The number of hydrogen-bond acceptors (Lipinski definition) is 5. The van der Waals surface area contributed by atoms with Gasteiger partial charge in [-0.3, -0.25) is 0 Å². The second kappa shape index (κ2) is 10.2. The lowest BCUT2D eigenvalue weighted by molar-refractivity contribution is 0.0601. The van der Waals surface area contributed by atoms with Gasteiger partial charge in [0.15, 0.2) is 5.11 Å². The van der Waals surface area contributed by atoms with Gasteiger partial charge in [-0.1, -0.05) is 30.5 Å². The molecule has 0 amide bonds. The third-order valence-electron chi connectivity index (χ3n) is 6.56. The summed E-state index contributed by atoms with van der Waals surface area (Å²) in [4.78, 5) is 18.7. The van der Waals surface area contributed by atoms with Gasteiger partial charge in [0, 0.05) is 36.2 Å². The molecule has 32 heavy (non-hydrogen) atoms. The average Bonchev–Trinajstić information content (AvgIpc) is 3.09. The Kier molecular flexibility index (Phi) is 7.36. The van der Waals surface area contributed by atoms with Crippen molar-refractivity contribution in [1.29, 1.82) is 0 Å². The van der Waals surface area contributed by atoms with E-state index in [1.165, 1.54) is 48.1 Å². The van der Waals surface area contributed by atoms with Crippen LogP contribution in [0.25, 0.3) is 0 Å². The molecule has 1 aliphatic carbocycles. The number of carbonyl (C=O) groups is 1. The molecule has 4 rings (SSSR count). The molecular weight excluding hydrogens is 438 g/mol. The smallest absolute Gasteiger partial charge is 0.341 e. The molecule has 2 aliphatic rings. The van der Waals surface area contributed by atoms with Crippen LogP contribution in [-0.4, -0.2) is 48.8 Å². The second-order valence-corrected chi connectivity index (χ2v) is 10.4. The van der Waals surface area contributed by atoms with Crippen LogP contribution in [0.1, 0.15) is 59.0 Å². The number of rotatable bonds is 3. The summed E-state index contributed by atoms with van der Waals surface area (Å²) in [5.41, 5.74) is 4.40. The van der Waals surface area contributed by atoms with Gasteiger partial charge in [0.05, 0.1) is 12.7 Å². The summed E-state index contributed by atoms with van der Waals surface area (Å²) in [5.74, 6) is -0.258. The van der Waals surface area contributed by atoms with Gasteiger partial charge in [-0.25, -0.2) is 4.79 Å². The van der Waals surface area contributed by atoms with Crippen LogP contribution in [0.2, 0.25) is 0 Å². The number of thiocarbonyl (C=S) groups is 1. The van der Waals surface area contributed by atoms with Crippen LogP contribution in [0.3, 0.4) is 0 Å². The Morgan fingerprint density at radius 3 is 2.53 bits per heavy atom. The fraction of sp³-hybridized carbons (Fsp3) is 0.520. The number of hydrogen-bond donors (Lipinski definition) is 1. The number of nitrogens with one attached hydrogen (secondary N) is 1. The molecule has 172 valence electrons. The number of benzene rings is 1. The third-order valence-corrected chi connectivity index (χ3v) is 8.13. The molecule has 0 bridgehead atoms. The summed E-state index contributed by atoms with van der Waals surface area (Å²) in [5, 5.41) is 4.98. The lowest BCUT2D eigenvalue weighted by Crippen LogP contribution is -2.54. The zero-order chi connectivity index (χ0) is 22.7. The zero-order valence-electron chi connectivity index (χ0n) is 19.3. The molecule has 1 N–H and O–H groups in total. The number of carbonyl (C=O) groups excluding carboxylic acids is 1. The van der Waals surface area contributed by atoms with Crippen LogP contribution >= 0.6 is 23.6 Å². The molecule has 2 aromatic rings. The summed E-state index contributed by atoms with van der Waals surface area (Å²) < 4.78 is 5.15. The first-order chi connectivity index (χ1) is 15.5. The number of aryl methyl sites for hydroxylation is 2. The van der Waals surface area contributed by atoms with E-state index in [0.29, 0.717) is 16.7 Å². The fourth-order valence-electron chi connectivity index (χ4n) is 4.76. The molecule has 5 nitrogen and oxygen atoms in total. The minimum Gasteiger partial charge on any atom is -0.465 e. The predicted octanol–water partition coefficient (Wildman–Crippen LogP) is 5.41.